The molecule has 2 aromatic carbocycles. The molecule has 0 saturated carbocycles. The van der Waals surface area contributed by atoms with Gasteiger partial charge in [-0.15, -0.1) is 0 Å². The minimum atomic E-state index is 0.650. The van der Waals surface area contributed by atoms with E-state index in [9.17, 15) is 0 Å². The first-order valence-electron chi connectivity index (χ1n) is 9.23. The lowest BCUT2D eigenvalue weighted by Gasteiger charge is -2.22. The van der Waals surface area contributed by atoms with E-state index in [-0.39, 0.29) is 0 Å². The minimum absolute atomic E-state index is 0.650. The molecule has 146 valence electrons. The van der Waals surface area contributed by atoms with E-state index in [1.54, 1.807) is 14.2 Å². The zero-order chi connectivity index (χ0) is 20.1. The summed E-state index contributed by atoms with van der Waals surface area (Å²) in [4.78, 5) is 11.5. The van der Waals surface area contributed by atoms with Crippen molar-refractivity contribution < 1.29 is 9.47 Å². The van der Waals surface area contributed by atoms with Gasteiger partial charge in [0.25, 0.3) is 0 Å². The summed E-state index contributed by atoms with van der Waals surface area (Å²) in [5.41, 5.74) is 3.92. The fourth-order valence-corrected chi connectivity index (χ4v) is 3.02. The lowest BCUT2D eigenvalue weighted by atomic mass is 10.2. The van der Waals surface area contributed by atoms with E-state index < -0.39 is 0 Å². The van der Waals surface area contributed by atoms with Crippen molar-refractivity contribution in [2.45, 2.75) is 20.8 Å². The van der Waals surface area contributed by atoms with E-state index >= 15 is 0 Å². The van der Waals surface area contributed by atoms with Gasteiger partial charge in [-0.1, -0.05) is 12.1 Å². The summed E-state index contributed by atoms with van der Waals surface area (Å²) < 4.78 is 10.8. The third-order valence-electron chi connectivity index (χ3n) is 4.38. The van der Waals surface area contributed by atoms with Gasteiger partial charge < -0.3 is 19.7 Å². The monoisotopic (exact) mass is 378 g/mol. The number of hydrogen-bond acceptors (Lipinski definition) is 6. The molecule has 0 atom stereocenters. The molecule has 6 heteroatoms. The van der Waals surface area contributed by atoms with Crippen LogP contribution in [0, 0.1) is 13.8 Å². The van der Waals surface area contributed by atoms with Crippen LogP contribution in [0.25, 0.3) is 0 Å². The second kappa shape index (κ2) is 8.61. The maximum atomic E-state index is 5.46. The Morgan fingerprint density at radius 1 is 0.964 bits per heavy atom. The summed E-state index contributed by atoms with van der Waals surface area (Å²) in [6.45, 7) is 6.89. The molecule has 1 aromatic heterocycles. The first-order chi connectivity index (χ1) is 13.5. The Balaban J connectivity index is 1.98. The number of benzene rings is 2. The van der Waals surface area contributed by atoms with Crippen LogP contribution in [-0.2, 0) is 0 Å². The second-order valence-corrected chi connectivity index (χ2v) is 6.47. The van der Waals surface area contributed by atoms with Crippen LogP contribution in [0.1, 0.15) is 18.2 Å². The first-order valence-corrected chi connectivity index (χ1v) is 9.23. The number of nitrogens with one attached hydrogen (secondary N) is 1. The van der Waals surface area contributed by atoms with Crippen LogP contribution in [0.5, 0.6) is 11.5 Å². The van der Waals surface area contributed by atoms with Crippen molar-refractivity contribution in [3.8, 4) is 11.5 Å². The van der Waals surface area contributed by atoms with Crippen LogP contribution in [0.2, 0.25) is 0 Å². The molecule has 6 nitrogen and oxygen atoms in total. The van der Waals surface area contributed by atoms with E-state index in [1.807, 2.05) is 37.3 Å². The Morgan fingerprint density at radius 2 is 1.79 bits per heavy atom. The van der Waals surface area contributed by atoms with E-state index in [0.717, 1.165) is 29.4 Å². The number of ether oxygens (including phenoxy) is 2. The van der Waals surface area contributed by atoms with Gasteiger partial charge in [0.15, 0.2) is 0 Å². The maximum Gasteiger partial charge on any atom is 0.232 e. The quantitative estimate of drug-likeness (QED) is 0.623. The van der Waals surface area contributed by atoms with Crippen molar-refractivity contribution in [2.24, 2.45) is 0 Å². The molecular formula is C22H26N4O2. The molecule has 1 N–H and O–H groups in total. The number of aryl methyl sites for hydroxylation is 2. The van der Waals surface area contributed by atoms with Crippen molar-refractivity contribution in [1.29, 1.82) is 0 Å². The molecule has 0 unspecified atom stereocenters. The lowest BCUT2D eigenvalue weighted by molar-refractivity contribution is 0.405. The van der Waals surface area contributed by atoms with Gasteiger partial charge in [0.05, 0.1) is 19.9 Å². The normalized spacial score (nSPS) is 10.5. The number of nitrogens with zero attached hydrogens (tertiary/aromatic N) is 3. The average Bonchev–Trinajstić information content (AvgIpc) is 2.68. The van der Waals surface area contributed by atoms with Crippen molar-refractivity contribution in [3.63, 3.8) is 0 Å². The van der Waals surface area contributed by atoms with Crippen molar-refractivity contribution >= 4 is 23.1 Å². The van der Waals surface area contributed by atoms with Crippen LogP contribution in [0.15, 0.2) is 48.5 Å². The predicted molar refractivity (Wildman–Crippen MR) is 113 cm³/mol. The van der Waals surface area contributed by atoms with Gasteiger partial charge in [0.1, 0.15) is 17.3 Å². The van der Waals surface area contributed by atoms with Gasteiger partial charge in [-0.05, 0) is 50.6 Å². The fourth-order valence-electron chi connectivity index (χ4n) is 3.02. The van der Waals surface area contributed by atoms with Crippen LogP contribution in [0.3, 0.4) is 0 Å². The molecule has 3 rings (SSSR count). The van der Waals surface area contributed by atoms with Gasteiger partial charge in [-0.25, -0.2) is 4.98 Å². The molecule has 0 aliphatic heterocycles. The summed E-state index contributed by atoms with van der Waals surface area (Å²) in [6, 6.07) is 15.8. The number of hydrogen-bond donors (Lipinski definition) is 1. The summed E-state index contributed by atoms with van der Waals surface area (Å²) in [5, 5.41) is 3.34. The average molecular weight is 378 g/mol. The van der Waals surface area contributed by atoms with E-state index in [4.69, 9.17) is 14.5 Å². The maximum absolute atomic E-state index is 5.46. The van der Waals surface area contributed by atoms with Crippen molar-refractivity contribution in [2.75, 3.05) is 31.0 Å². The zero-order valence-electron chi connectivity index (χ0n) is 17.0. The van der Waals surface area contributed by atoms with E-state index in [2.05, 4.69) is 47.2 Å². The van der Waals surface area contributed by atoms with E-state index in [0.29, 0.717) is 17.5 Å². The summed E-state index contributed by atoms with van der Waals surface area (Å²) in [5.74, 6) is 2.80. The highest BCUT2D eigenvalue weighted by Crippen LogP contribution is 2.32. The van der Waals surface area contributed by atoms with Gasteiger partial charge >= 0.3 is 0 Å². The predicted octanol–water partition coefficient (Wildman–Crippen LogP) is 5.01. The molecular weight excluding hydrogens is 352 g/mol. The van der Waals surface area contributed by atoms with Crippen molar-refractivity contribution in [3.05, 3.63) is 59.8 Å². The Hall–Kier alpha value is -3.28. The van der Waals surface area contributed by atoms with E-state index in [1.165, 1.54) is 5.56 Å². The molecule has 0 amide bonds. The Kier molecular flexibility index (Phi) is 5.99. The van der Waals surface area contributed by atoms with Gasteiger partial charge in [0.2, 0.25) is 5.95 Å². The Morgan fingerprint density at radius 3 is 2.46 bits per heavy atom. The fraction of sp³-hybridized carbons (Fsp3) is 0.273. The highest BCUT2D eigenvalue weighted by atomic mass is 16.5. The second-order valence-electron chi connectivity index (χ2n) is 6.47. The standard InChI is InChI=1S/C22H26N4O2/c1-6-26(17-9-7-8-15(2)12-17)22-23-16(3)13-21(25-22)24-19-14-18(27-4)10-11-20(19)28-5/h7-14H,6H2,1-5H3,(H,23,24,25). The number of anilines is 4. The van der Waals surface area contributed by atoms with Crippen LogP contribution >= 0.6 is 0 Å². The molecule has 0 fully saturated rings. The van der Waals surface area contributed by atoms with Crippen molar-refractivity contribution in [1.82, 2.24) is 9.97 Å². The van der Waals surface area contributed by atoms with Crippen LogP contribution < -0.4 is 19.7 Å². The van der Waals surface area contributed by atoms with Gasteiger partial charge in [0, 0.05) is 30.1 Å². The van der Waals surface area contributed by atoms with Gasteiger partial charge in [-0.3, -0.25) is 0 Å². The SMILES string of the molecule is CCN(c1cccc(C)c1)c1nc(C)cc(Nc2cc(OC)ccc2OC)n1. The topological polar surface area (TPSA) is 59.5 Å². The van der Waals surface area contributed by atoms with Crippen LogP contribution in [0.4, 0.5) is 23.1 Å². The minimum Gasteiger partial charge on any atom is -0.497 e. The lowest BCUT2D eigenvalue weighted by Crippen LogP contribution is -2.19. The molecule has 28 heavy (non-hydrogen) atoms. The highest BCUT2D eigenvalue weighted by molar-refractivity contribution is 5.68. The molecule has 0 spiro atoms. The largest absolute Gasteiger partial charge is 0.497 e. The first kappa shape index (κ1) is 19.5. The number of rotatable bonds is 7. The number of methoxy groups -OCH3 is 2. The Bertz CT molecular complexity index is 959. The molecule has 1 heterocycles. The molecule has 0 aliphatic rings. The summed E-state index contributed by atoms with van der Waals surface area (Å²) in [6.07, 6.45) is 0. The zero-order valence-corrected chi connectivity index (χ0v) is 17.0. The molecule has 0 aliphatic carbocycles. The third-order valence-corrected chi connectivity index (χ3v) is 4.38. The molecule has 0 bridgehead atoms. The summed E-state index contributed by atoms with van der Waals surface area (Å²) in [7, 11) is 3.28. The highest BCUT2D eigenvalue weighted by Gasteiger charge is 2.14. The molecule has 0 radical (unpaired) electrons. The number of aromatic nitrogens is 2. The Labute approximate surface area is 166 Å². The smallest absolute Gasteiger partial charge is 0.232 e. The van der Waals surface area contributed by atoms with Gasteiger partial charge in [-0.2, -0.15) is 4.98 Å². The summed E-state index contributed by atoms with van der Waals surface area (Å²) >= 11 is 0. The molecule has 3 aromatic rings. The molecule has 0 saturated heterocycles. The van der Waals surface area contributed by atoms with Crippen LogP contribution in [-0.4, -0.2) is 30.7 Å². The third kappa shape index (κ3) is 4.34.